The molecule has 0 unspecified atom stereocenters. The molecule has 1 N–H and O–H groups in total. The second-order valence-corrected chi connectivity index (χ2v) is 7.66. The van der Waals surface area contributed by atoms with Crippen LogP contribution in [0, 0.1) is 5.82 Å². The van der Waals surface area contributed by atoms with Crippen molar-refractivity contribution in [1.82, 2.24) is 9.61 Å². The fraction of sp³-hybridized carbons (Fsp3) is 0.133. The van der Waals surface area contributed by atoms with Crippen LogP contribution in [0.2, 0.25) is 0 Å². The summed E-state index contributed by atoms with van der Waals surface area (Å²) in [6, 6.07) is 4.68. The molecule has 0 bridgehead atoms. The van der Waals surface area contributed by atoms with Gasteiger partial charge in [-0.25, -0.2) is 17.3 Å². The van der Waals surface area contributed by atoms with Crippen molar-refractivity contribution in [2.75, 3.05) is 11.8 Å². The van der Waals surface area contributed by atoms with E-state index in [4.69, 9.17) is 4.74 Å². The number of nitrogens with one attached hydrogen (secondary N) is 1. The van der Waals surface area contributed by atoms with E-state index in [0.717, 1.165) is 23.0 Å². The minimum Gasteiger partial charge on any atom is -0.495 e. The van der Waals surface area contributed by atoms with Crippen LogP contribution in [-0.4, -0.2) is 31.8 Å². The van der Waals surface area contributed by atoms with Gasteiger partial charge in [0.1, 0.15) is 22.2 Å². The van der Waals surface area contributed by atoms with Gasteiger partial charge < -0.3 is 9.47 Å². The zero-order valence-electron chi connectivity index (χ0n) is 13.5. The summed E-state index contributed by atoms with van der Waals surface area (Å²) < 4.78 is 76.5. The average Bonchev–Trinajstić information content (AvgIpc) is 3.01. The summed E-state index contributed by atoms with van der Waals surface area (Å²) >= 11 is 2.98. The summed E-state index contributed by atoms with van der Waals surface area (Å²) in [6.07, 6.45) is 2.14. The van der Waals surface area contributed by atoms with Gasteiger partial charge in [-0.05, 0) is 34.1 Å². The molecule has 0 spiro atoms. The number of anilines is 1. The van der Waals surface area contributed by atoms with Crippen LogP contribution >= 0.6 is 15.9 Å². The molecule has 0 amide bonds. The second-order valence-electron chi connectivity index (χ2n) is 5.15. The summed E-state index contributed by atoms with van der Waals surface area (Å²) in [6.45, 7) is -3.03. The van der Waals surface area contributed by atoms with E-state index in [1.807, 2.05) is 0 Å². The van der Waals surface area contributed by atoms with E-state index in [0.29, 0.717) is 0 Å². The first kappa shape index (κ1) is 19.3. The quantitative estimate of drug-likeness (QED) is 0.600. The fourth-order valence-corrected chi connectivity index (χ4v) is 3.80. The van der Waals surface area contributed by atoms with Crippen LogP contribution in [0.1, 0.15) is 0 Å². The van der Waals surface area contributed by atoms with E-state index in [2.05, 4.69) is 30.5 Å². The Morgan fingerprint density at radius 2 is 2.04 bits per heavy atom. The topological polar surface area (TPSA) is 81.9 Å². The molecule has 12 heteroatoms. The van der Waals surface area contributed by atoms with Gasteiger partial charge in [-0.3, -0.25) is 4.72 Å². The molecule has 0 radical (unpaired) electrons. The lowest BCUT2D eigenvalue weighted by molar-refractivity contribution is -0.0501. The first-order valence-corrected chi connectivity index (χ1v) is 9.47. The number of aromatic nitrogens is 2. The van der Waals surface area contributed by atoms with Crippen molar-refractivity contribution >= 4 is 37.2 Å². The van der Waals surface area contributed by atoms with E-state index in [9.17, 15) is 21.6 Å². The van der Waals surface area contributed by atoms with E-state index in [-0.39, 0.29) is 32.1 Å². The number of ether oxygens (including phenoxy) is 2. The second kappa shape index (κ2) is 7.27. The zero-order valence-corrected chi connectivity index (χ0v) is 15.9. The molecule has 144 valence electrons. The van der Waals surface area contributed by atoms with Crippen molar-refractivity contribution in [3.63, 3.8) is 0 Å². The van der Waals surface area contributed by atoms with Crippen molar-refractivity contribution in [3.8, 4) is 11.5 Å². The first-order valence-electron chi connectivity index (χ1n) is 7.19. The third-order valence-electron chi connectivity index (χ3n) is 3.46. The number of alkyl halides is 2. The van der Waals surface area contributed by atoms with E-state index in [1.54, 1.807) is 0 Å². The first-order chi connectivity index (χ1) is 12.7. The van der Waals surface area contributed by atoms with Crippen LogP contribution in [0.4, 0.5) is 18.9 Å². The van der Waals surface area contributed by atoms with Gasteiger partial charge in [0.2, 0.25) is 0 Å². The molecule has 2 aromatic heterocycles. The lowest BCUT2D eigenvalue weighted by Crippen LogP contribution is -2.14. The van der Waals surface area contributed by atoms with Crippen LogP contribution in [-0.2, 0) is 10.0 Å². The van der Waals surface area contributed by atoms with E-state index >= 15 is 0 Å². The summed E-state index contributed by atoms with van der Waals surface area (Å²) in [5.41, 5.74) is -0.00382. The molecule has 0 saturated heterocycles. The normalized spacial score (nSPS) is 11.8. The highest BCUT2D eigenvalue weighted by Crippen LogP contribution is 2.33. The fourth-order valence-electron chi connectivity index (χ4n) is 2.30. The molecule has 0 aliphatic rings. The van der Waals surface area contributed by atoms with Gasteiger partial charge in [0.15, 0.2) is 0 Å². The summed E-state index contributed by atoms with van der Waals surface area (Å²) in [5.74, 6) is -0.785. The van der Waals surface area contributed by atoms with Gasteiger partial charge in [0.05, 0.1) is 35.2 Å². The summed E-state index contributed by atoms with van der Waals surface area (Å²) in [5, 5.41) is 3.83. The maximum Gasteiger partial charge on any atom is 0.387 e. The molecule has 27 heavy (non-hydrogen) atoms. The van der Waals surface area contributed by atoms with Crippen LogP contribution < -0.4 is 14.2 Å². The minimum atomic E-state index is -4.18. The molecule has 1 aromatic carbocycles. The van der Waals surface area contributed by atoms with Crippen molar-refractivity contribution in [2.24, 2.45) is 0 Å². The Morgan fingerprint density at radius 3 is 2.70 bits per heavy atom. The number of benzene rings is 1. The van der Waals surface area contributed by atoms with Crippen LogP contribution in [0.5, 0.6) is 11.5 Å². The number of nitrogens with zero attached hydrogens (tertiary/aromatic N) is 2. The Balaban J connectivity index is 1.99. The Bertz CT molecular complexity index is 1110. The molecule has 0 atom stereocenters. The maximum atomic E-state index is 13.8. The molecular formula is C15H11BrF3N3O4S. The highest BCUT2D eigenvalue weighted by Gasteiger charge is 2.23. The third kappa shape index (κ3) is 3.95. The number of fused-ring (bicyclic) bond motifs is 1. The Labute approximate surface area is 159 Å². The van der Waals surface area contributed by atoms with Gasteiger partial charge in [0, 0.05) is 6.07 Å². The lowest BCUT2D eigenvalue weighted by atomic mass is 10.3. The van der Waals surface area contributed by atoms with Crippen LogP contribution in [0.25, 0.3) is 5.52 Å². The molecule has 3 rings (SSSR count). The number of halogens is 4. The van der Waals surface area contributed by atoms with E-state index in [1.165, 1.54) is 25.3 Å². The third-order valence-corrected chi connectivity index (χ3v) is 5.44. The van der Waals surface area contributed by atoms with Gasteiger partial charge in [-0.1, -0.05) is 0 Å². The van der Waals surface area contributed by atoms with Crippen LogP contribution in [0.15, 0.2) is 46.0 Å². The largest absolute Gasteiger partial charge is 0.495 e. The van der Waals surface area contributed by atoms with Crippen molar-refractivity contribution in [2.45, 2.75) is 11.5 Å². The summed E-state index contributed by atoms with van der Waals surface area (Å²) in [7, 11) is -2.88. The monoisotopic (exact) mass is 465 g/mol. The Hall–Kier alpha value is -2.47. The van der Waals surface area contributed by atoms with E-state index < -0.39 is 22.5 Å². The van der Waals surface area contributed by atoms with Gasteiger partial charge in [0.25, 0.3) is 10.0 Å². The number of rotatable bonds is 6. The minimum absolute atomic E-state index is 0.0935. The zero-order chi connectivity index (χ0) is 19.8. The number of sulfonamides is 1. The number of methoxy groups -OCH3 is 1. The molecular weight excluding hydrogens is 455 g/mol. The number of pyridine rings is 1. The molecule has 0 aliphatic carbocycles. The molecule has 0 aliphatic heterocycles. The SMILES string of the molecule is COc1cc(Br)c(F)cc1NS(=O)(=O)c1cnn2cc(OC(F)F)ccc12. The predicted molar refractivity (Wildman–Crippen MR) is 93.3 cm³/mol. The Kier molecular flexibility index (Phi) is 5.20. The molecule has 7 nitrogen and oxygen atoms in total. The molecule has 0 saturated carbocycles. The molecule has 3 aromatic rings. The molecule has 2 heterocycles. The van der Waals surface area contributed by atoms with Gasteiger partial charge in [-0.2, -0.15) is 13.9 Å². The lowest BCUT2D eigenvalue weighted by Gasteiger charge is -2.12. The predicted octanol–water partition coefficient (Wildman–Crippen LogP) is 3.65. The Morgan fingerprint density at radius 1 is 1.30 bits per heavy atom. The standard InChI is InChI=1S/C15H11BrF3N3O4S/c1-25-13-4-9(16)10(17)5-11(13)21-27(23,24)14-6-20-22-7-8(26-15(18)19)2-3-12(14)22/h2-7,15,21H,1H3. The smallest absolute Gasteiger partial charge is 0.387 e. The summed E-state index contributed by atoms with van der Waals surface area (Å²) in [4.78, 5) is -0.239. The van der Waals surface area contributed by atoms with Crippen molar-refractivity contribution in [3.05, 3.63) is 46.9 Å². The van der Waals surface area contributed by atoms with Gasteiger partial charge in [-0.15, -0.1) is 0 Å². The maximum absolute atomic E-state index is 13.8. The number of hydrogen-bond donors (Lipinski definition) is 1. The number of hydrogen-bond acceptors (Lipinski definition) is 5. The molecule has 0 fully saturated rings. The average molecular weight is 466 g/mol. The van der Waals surface area contributed by atoms with Crippen LogP contribution in [0.3, 0.4) is 0 Å². The van der Waals surface area contributed by atoms with Crippen molar-refractivity contribution in [1.29, 1.82) is 0 Å². The highest BCUT2D eigenvalue weighted by atomic mass is 79.9. The van der Waals surface area contributed by atoms with Crippen molar-refractivity contribution < 1.29 is 31.1 Å². The highest BCUT2D eigenvalue weighted by molar-refractivity contribution is 9.10. The van der Waals surface area contributed by atoms with Gasteiger partial charge >= 0.3 is 6.61 Å².